The van der Waals surface area contributed by atoms with Crippen molar-refractivity contribution < 1.29 is 24.2 Å². The number of benzene rings is 2. The summed E-state index contributed by atoms with van der Waals surface area (Å²) in [5.74, 6) is -0.192. The fraction of sp³-hybridized carbons (Fsp3) is 0.400. The van der Waals surface area contributed by atoms with Crippen LogP contribution in [0.3, 0.4) is 0 Å². The summed E-state index contributed by atoms with van der Waals surface area (Å²) in [4.78, 5) is 37.5. The maximum Gasteiger partial charge on any atom is 0.407 e. The topological polar surface area (TPSA) is 108 Å². The average Bonchev–Trinajstić information content (AvgIpc) is 3.16. The number of likely N-dealkylation sites (tertiary alicyclic amines) is 1. The molecule has 2 aromatic carbocycles. The van der Waals surface area contributed by atoms with Crippen molar-refractivity contribution in [1.82, 2.24) is 15.5 Å². The van der Waals surface area contributed by atoms with Gasteiger partial charge in [-0.05, 0) is 47.4 Å². The molecule has 8 heteroatoms. The second-order valence-corrected chi connectivity index (χ2v) is 8.59. The lowest BCUT2D eigenvalue weighted by Gasteiger charge is -2.31. The highest BCUT2D eigenvalue weighted by Crippen LogP contribution is 2.44. The van der Waals surface area contributed by atoms with Gasteiger partial charge in [-0.15, -0.1) is 0 Å². The number of rotatable bonds is 6. The minimum atomic E-state index is -0.923. The molecule has 2 aliphatic rings. The van der Waals surface area contributed by atoms with Crippen LogP contribution in [0, 0.1) is 5.92 Å². The molecule has 0 saturated carbocycles. The second-order valence-electron chi connectivity index (χ2n) is 8.59. The molecule has 1 unspecified atom stereocenters. The van der Waals surface area contributed by atoms with Gasteiger partial charge in [-0.2, -0.15) is 0 Å². The molecule has 1 aliphatic carbocycles. The van der Waals surface area contributed by atoms with Gasteiger partial charge in [0.2, 0.25) is 5.91 Å². The molecule has 1 atom stereocenters. The molecule has 1 heterocycles. The molecule has 3 amide bonds. The van der Waals surface area contributed by atoms with Gasteiger partial charge in [-0.3, -0.25) is 4.79 Å². The van der Waals surface area contributed by atoms with Crippen LogP contribution in [0.25, 0.3) is 11.1 Å². The second kappa shape index (κ2) is 9.94. The van der Waals surface area contributed by atoms with Gasteiger partial charge < -0.3 is 25.4 Å². The van der Waals surface area contributed by atoms with E-state index in [1.807, 2.05) is 24.3 Å². The molecular weight excluding hydrogens is 422 g/mol. The van der Waals surface area contributed by atoms with Crippen LogP contribution in [-0.2, 0) is 9.53 Å². The number of nitrogens with one attached hydrogen (secondary N) is 2. The van der Waals surface area contributed by atoms with Gasteiger partial charge in [-0.25, -0.2) is 9.59 Å². The van der Waals surface area contributed by atoms with Crippen molar-refractivity contribution >= 4 is 18.1 Å². The van der Waals surface area contributed by atoms with Crippen LogP contribution < -0.4 is 10.6 Å². The van der Waals surface area contributed by atoms with Gasteiger partial charge in [0.1, 0.15) is 12.6 Å². The van der Waals surface area contributed by atoms with Crippen molar-refractivity contribution in [2.45, 2.75) is 31.2 Å². The van der Waals surface area contributed by atoms with Crippen LogP contribution in [0.5, 0.6) is 0 Å². The van der Waals surface area contributed by atoms with Crippen LogP contribution in [-0.4, -0.2) is 60.9 Å². The third-order valence-corrected chi connectivity index (χ3v) is 6.65. The SMILES string of the molecule is CNC(=O)C(CC1CCN(C(=O)O)CC1)NC(=O)OCC1c2ccccc2-c2ccccc21. The van der Waals surface area contributed by atoms with Crippen molar-refractivity contribution in [2.24, 2.45) is 5.92 Å². The number of carbonyl (C=O) groups is 3. The fourth-order valence-electron chi connectivity index (χ4n) is 4.88. The minimum absolute atomic E-state index is 0.0538. The monoisotopic (exact) mass is 451 g/mol. The van der Waals surface area contributed by atoms with E-state index in [1.54, 1.807) is 0 Å². The van der Waals surface area contributed by atoms with Gasteiger partial charge in [-0.1, -0.05) is 48.5 Å². The van der Waals surface area contributed by atoms with Crippen LogP contribution in [0.4, 0.5) is 9.59 Å². The molecule has 0 aromatic heterocycles. The summed E-state index contributed by atoms with van der Waals surface area (Å²) in [5.41, 5.74) is 4.55. The van der Waals surface area contributed by atoms with Crippen molar-refractivity contribution in [3.63, 3.8) is 0 Å². The van der Waals surface area contributed by atoms with Crippen LogP contribution in [0.15, 0.2) is 48.5 Å². The van der Waals surface area contributed by atoms with Crippen LogP contribution in [0.2, 0.25) is 0 Å². The van der Waals surface area contributed by atoms with Crippen LogP contribution in [0.1, 0.15) is 36.3 Å². The smallest absolute Gasteiger partial charge is 0.407 e. The predicted octanol–water partition coefficient (Wildman–Crippen LogP) is 3.42. The molecule has 0 spiro atoms. The quantitative estimate of drug-likeness (QED) is 0.624. The van der Waals surface area contributed by atoms with Crippen molar-refractivity contribution in [2.75, 3.05) is 26.7 Å². The van der Waals surface area contributed by atoms with Crippen molar-refractivity contribution in [3.05, 3.63) is 59.7 Å². The Hall–Kier alpha value is -3.55. The summed E-state index contributed by atoms with van der Waals surface area (Å²) in [5, 5.41) is 14.4. The van der Waals surface area contributed by atoms with Gasteiger partial charge in [0.15, 0.2) is 0 Å². The van der Waals surface area contributed by atoms with E-state index < -0.39 is 18.2 Å². The molecule has 0 bridgehead atoms. The number of fused-ring (bicyclic) bond motifs is 3. The van der Waals surface area contributed by atoms with E-state index in [0.717, 1.165) is 22.3 Å². The Labute approximate surface area is 192 Å². The molecule has 1 saturated heterocycles. The van der Waals surface area contributed by atoms with E-state index in [0.29, 0.717) is 32.4 Å². The minimum Gasteiger partial charge on any atom is -0.465 e. The Morgan fingerprint density at radius 2 is 1.61 bits per heavy atom. The molecule has 174 valence electrons. The first-order valence-corrected chi connectivity index (χ1v) is 11.3. The first kappa shape index (κ1) is 22.6. The number of piperidine rings is 1. The number of carbonyl (C=O) groups excluding carboxylic acids is 2. The number of hydrogen-bond acceptors (Lipinski definition) is 4. The summed E-state index contributed by atoms with van der Waals surface area (Å²) in [6.45, 7) is 1.05. The summed E-state index contributed by atoms with van der Waals surface area (Å²) < 4.78 is 5.59. The summed E-state index contributed by atoms with van der Waals surface area (Å²) >= 11 is 0. The zero-order valence-electron chi connectivity index (χ0n) is 18.6. The van der Waals surface area contributed by atoms with Crippen molar-refractivity contribution in [3.8, 4) is 11.1 Å². The Kier molecular flexibility index (Phi) is 6.82. The van der Waals surface area contributed by atoms with E-state index in [1.165, 1.54) is 11.9 Å². The highest BCUT2D eigenvalue weighted by Gasteiger charge is 2.31. The molecule has 1 aliphatic heterocycles. The average molecular weight is 452 g/mol. The molecule has 3 N–H and O–H groups in total. The first-order chi connectivity index (χ1) is 16.0. The van der Waals surface area contributed by atoms with E-state index in [9.17, 15) is 14.4 Å². The highest BCUT2D eigenvalue weighted by atomic mass is 16.5. The zero-order valence-corrected chi connectivity index (χ0v) is 18.6. The summed E-state index contributed by atoms with van der Waals surface area (Å²) in [6, 6.07) is 15.5. The third-order valence-electron chi connectivity index (χ3n) is 6.65. The summed E-state index contributed by atoms with van der Waals surface area (Å²) in [6.07, 6.45) is 0.205. The van der Waals surface area contributed by atoms with E-state index in [-0.39, 0.29) is 24.3 Å². The fourth-order valence-corrected chi connectivity index (χ4v) is 4.88. The number of carboxylic acid groups (broad SMARTS) is 1. The molecule has 2 aromatic rings. The largest absolute Gasteiger partial charge is 0.465 e. The Balaban J connectivity index is 1.37. The Morgan fingerprint density at radius 3 is 2.15 bits per heavy atom. The number of alkyl carbamates (subject to hydrolysis) is 1. The highest BCUT2D eigenvalue weighted by molar-refractivity contribution is 5.85. The van der Waals surface area contributed by atoms with E-state index >= 15 is 0 Å². The predicted molar refractivity (Wildman–Crippen MR) is 123 cm³/mol. The number of ether oxygens (including phenoxy) is 1. The number of nitrogens with zero attached hydrogens (tertiary/aromatic N) is 1. The molecular formula is C25H29N3O5. The molecule has 1 fully saturated rings. The first-order valence-electron chi connectivity index (χ1n) is 11.3. The van der Waals surface area contributed by atoms with E-state index in [4.69, 9.17) is 9.84 Å². The molecule has 8 nitrogen and oxygen atoms in total. The molecule has 0 radical (unpaired) electrons. The van der Waals surface area contributed by atoms with Gasteiger partial charge in [0.25, 0.3) is 0 Å². The number of hydrogen-bond donors (Lipinski definition) is 3. The lowest BCUT2D eigenvalue weighted by atomic mass is 9.90. The number of likely N-dealkylation sites (N-methyl/N-ethyl adjacent to an activating group) is 1. The summed E-state index contributed by atoms with van der Waals surface area (Å²) in [7, 11) is 1.53. The molecule has 33 heavy (non-hydrogen) atoms. The van der Waals surface area contributed by atoms with Crippen molar-refractivity contribution in [1.29, 1.82) is 0 Å². The van der Waals surface area contributed by atoms with Gasteiger partial charge >= 0.3 is 12.2 Å². The Morgan fingerprint density at radius 1 is 1.03 bits per heavy atom. The van der Waals surface area contributed by atoms with Gasteiger partial charge in [0, 0.05) is 26.1 Å². The number of amides is 3. The lowest BCUT2D eigenvalue weighted by Crippen LogP contribution is -2.48. The maximum absolute atomic E-state index is 12.6. The lowest BCUT2D eigenvalue weighted by molar-refractivity contribution is -0.123. The zero-order chi connectivity index (χ0) is 23.4. The third kappa shape index (κ3) is 4.94. The maximum atomic E-state index is 12.6. The normalized spacial score (nSPS) is 16.5. The van der Waals surface area contributed by atoms with Crippen LogP contribution >= 0.6 is 0 Å². The molecule has 4 rings (SSSR count). The van der Waals surface area contributed by atoms with Gasteiger partial charge in [0.05, 0.1) is 0 Å². The standard InChI is InChI=1S/C25H29N3O5/c1-26-23(29)22(14-16-10-12-28(13-11-16)25(31)32)27-24(30)33-15-21-19-8-4-2-6-17(19)18-7-3-5-9-20(18)21/h2-9,16,21-22H,10-15H2,1H3,(H,26,29)(H,27,30)(H,31,32). The Bertz CT molecular complexity index is 987. The van der Waals surface area contributed by atoms with E-state index in [2.05, 4.69) is 34.9 Å².